The maximum atomic E-state index is 11.4. The van der Waals surface area contributed by atoms with Crippen LogP contribution < -0.4 is 0 Å². The van der Waals surface area contributed by atoms with Crippen molar-refractivity contribution in [2.75, 3.05) is 14.2 Å². The molecule has 0 amide bonds. The Morgan fingerprint density at radius 2 is 1.95 bits per heavy atom. The Morgan fingerprint density at radius 3 is 2.65 bits per heavy atom. The first-order chi connectivity index (χ1) is 9.63. The average molecular weight is 275 g/mol. The number of benzene rings is 1. The van der Waals surface area contributed by atoms with Gasteiger partial charge in [-0.3, -0.25) is 0 Å². The third kappa shape index (κ3) is 3.00. The Morgan fingerprint density at radius 1 is 1.20 bits per heavy atom. The Hall–Kier alpha value is -2.70. The first-order valence-corrected chi connectivity index (χ1v) is 5.79. The summed E-state index contributed by atoms with van der Waals surface area (Å²) in [5, 5.41) is 7.53. The van der Waals surface area contributed by atoms with Crippen LogP contribution in [0.3, 0.4) is 0 Å². The quantitative estimate of drug-likeness (QED) is 0.771. The molecule has 1 aromatic heterocycles. The molecule has 0 fully saturated rings. The molecule has 2 rings (SSSR count). The summed E-state index contributed by atoms with van der Waals surface area (Å²) in [6, 6.07) is 6.95. The van der Waals surface area contributed by atoms with Gasteiger partial charge in [0.05, 0.1) is 32.5 Å². The zero-order chi connectivity index (χ0) is 14.5. The smallest absolute Gasteiger partial charge is 0.360 e. The van der Waals surface area contributed by atoms with Crippen LogP contribution in [0.2, 0.25) is 0 Å². The van der Waals surface area contributed by atoms with E-state index in [4.69, 9.17) is 0 Å². The number of carbonyl (C=O) groups is 2. The van der Waals surface area contributed by atoms with E-state index in [1.54, 1.807) is 18.2 Å². The predicted molar refractivity (Wildman–Crippen MR) is 68.2 cm³/mol. The molecule has 0 aliphatic rings. The van der Waals surface area contributed by atoms with Crippen LogP contribution in [0.15, 0.2) is 30.5 Å². The van der Waals surface area contributed by atoms with E-state index in [1.807, 2.05) is 6.07 Å². The number of aromatic nitrogens is 3. The Labute approximate surface area is 115 Å². The van der Waals surface area contributed by atoms with Gasteiger partial charge < -0.3 is 9.47 Å². The standard InChI is InChI=1S/C13H13N3O4/c1-19-12(17)10-5-3-4-9(6-10)7-16-8-11(14-15-16)13(18)20-2/h3-6,8H,7H2,1-2H3. The maximum Gasteiger partial charge on any atom is 0.360 e. The van der Waals surface area contributed by atoms with Crippen LogP contribution in [0, 0.1) is 0 Å². The SMILES string of the molecule is COC(=O)c1cccc(Cn2cc(C(=O)OC)nn2)c1. The highest BCUT2D eigenvalue weighted by atomic mass is 16.5. The first-order valence-electron chi connectivity index (χ1n) is 5.79. The zero-order valence-corrected chi connectivity index (χ0v) is 11.1. The summed E-state index contributed by atoms with van der Waals surface area (Å²) in [7, 11) is 2.61. The molecule has 0 aliphatic carbocycles. The second-order valence-electron chi connectivity index (χ2n) is 3.98. The number of nitrogens with zero attached hydrogens (tertiary/aromatic N) is 3. The Kier molecular flexibility index (Phi) is 4.09. The fourth-order valence-electron chi connectivity index (χ4n) is 1.68. The van der Waals surface area contributed by atoms with Crippen LogP contribution in [-0.4, -0.2) is 41.2 Å². The van der Waals surface area contributed by atoms with E-state index in [2.05, 4.69) is 19.8 Å². The molecule has 7 nitrogen and oxygen atoms in total. The van der Waals surface area contributed by atoms with Crippen molar-refractivity contribution in [3.05, 3.63) is 47.3 Å². The molecule has 0 unspecified atom stereocenters. The second kappa shape index (κ2) is 5.96. The molecule has 0 aliphatic heterocycles. The minimum atomic E-state index is -0.542. The molecule has 0 saturated carbocycles. The first kappa shape index (κ1) is 13.7. The summed E-state index contributed by atoms with van der Waals surface area (Å²) in [6.45, 7) is 0.384. The third-order valence-corrected chi connectivity index (χ3v) is 2.63. The molecule has 7 heteroatoms. The van der Waals surface area contributed by atoms with Gasteiger partial charge in [-0.15, -0.1) is 5.10 Å². The monoisotopic (exact) mass is 275 g/mol. The average Bonchev–Trinajstić information content (AvgIpc) is 2.94. The van der Waals surface area contributed by atoms with Crippen molar-refractivity contribution >= 4 is 11.9 Å². The molecule has 0 saturated heterocycles. The lowest BCUT2D eigenvalue weighted by atomic mass is 10.1. The van der Waals surface area contributed by atoms with E-state index in [-0.39, 0.29) is 5.69 Å². The highest BCUT2D eigenvalue weighted by Crippen LogP contribution is 2.08. The van der Waals surface area contributed by atoms with Crippen LogP contribution in [0.5, 0.6) is 0 Å². The molecule has 0 bridgehead atoms. The normalized spacial score (nSPS) is 10.1. The largest absolute Gasteiger partial charge is 0.465 e. The van der Waals surface area contributed by atoms with Gasteiger partial charge in [0.1, 0.15) is 0 Å². The van der Waals surface area contributed by atoms with Gasteiger partial charge in [-0.2, -0.15) is 0 Å². The van der Waals surface area contributed by atoms with Crippen LogP contribution in [0.1, 0.15) is 26.4 Å². The fraction of sp³-hybridized carbons (Fsp3) is 0.231. The summed E-state index contributed by atoms with van der Waals surface area (Å²) < 4.78 is 10.7. The minimum absolute atomic E-state index is 0.136. The number of carbonyl (C=O) groups excluding carboxylic acids is 2. The number of methoxy groups -OCH3 is 2. The number of hydrogen-bond donors (Lipinski definition) is 0. The van der Waals surface area contributed by atoms with Gasteiger partial charge in [-0.25, -0.2) is 14.3 Å². The van der Waals surface area contributed by atoms with Gasteiger partial charge in [0.2, 0.25) is 0 Å². The highest BCUT2D eigenvalue weighted by molar-refractivity contribution is 5.89. The number of hydrogen-bond acceptors (Lipinski definition) is 6. The minimum Gasteiger partial charge on any atom is -0.465 e. The van der Waals surface area contributed by atoms with Gasteiger partial charge in [0.25, 0.3) is 0 Å². The summed E-state index contributed by atoms with van der Waals surface area (Å²) in [4.78, 5) is 22.7. The Bertz CT molecular complexity index is 636. The van der Waals surface area contributed by atoms with E-state index in [9.17, 15) is 9.59 Å². The number of rotatable bonds is 4. The van der Waals surface area contributed by atoms with E-state index < -0.39 is 11.9 Å². The van der Waals surface area contributed by atoms with Gasteiger partial charge in [0.15, 0.2) is 5.69 Å². The van der Waals surface area contributed by atoms with Crippen molar-refractivity contribution in [3.8, 4) is 0 Å². The molecule has 20 heavy (non-hydrogen) atoms. The zero-order valence-electron chi connectivity index (χ0n) is 11.1. The molecule has 0 atom stereocenters. The summed E-state index contributed by atoms with van der Waals surface area (Å²) >= 11 is 0. The molecule has 0 spiro atoms. The third-order valence-electron chi connectivity index (χ3n) is 2.63. The highest BCUT2D eigenvalue weighted by Gasteiger charge is 2.11. The van der Waals surface area contributed by atoms with Gasteiger partial charge in [-0.05, 0) is 17.7 Å². The van der Waals surface area contributed by atoms with Crippen molar-refractivity contribution in [1.29, 1.82) is 0 Å². The van der Waals surface area contributed by atoms with Gasteiger partial charge in [-0.1, -0.05) is 17.3 Å². The van der Waals surface area contributed by atoms with E-state index in [0.29, 0.717) is 12.1 Å². The molecular formula is C13H13N3O4. The molecule has 0 radical (unpaired) electrons. The lowest BCUT2D eigenvalue weighted by Gasteiger charge is -2.03. The lowest BCUT2D eigenvalue weighted by Crippen LogP contribution is -2.05. The molecule has 2 aromatic rings. The van der Waals surface area contributed by atoms with Gasteiger partial charge in [0, 0.05) is 0 Å². The van der Waals surface area contributed by atoms with E-state index in [0.717, 1.165) is 5.56 Å². The fourth-order valence-corrected chi connectivity index (χ4v) is 1.68. The molecule has 1 heterocycles. The maximum absolute atomic E-state index is 11.4. The summed E-state index contributed by atoms with van der Waals surface area (Å²) in [5.74, 6) is -0.944. The van der Waals surface area contributed by atoms with Crippen LogP contribution in [0.4, 0.5) is 0 Å². The van der Waals surface area contributed by atoms with Crippen molar-refractivity contribution in [3.63, 3.8) is 0 Å². The second-order valence-corrected chi connectivity index (χ2v) is 3.98. The van der Waals surface area contributed by atoms with Crippen molar-refractivity contribution < 1.29 is 19.1 Å². The summed E-state index contributed by atoms with van der Waals surface area (Å²) in [5.41, 5.74) is 1.43. The van der Waals surface area contributed by atoms with Crippen molar-refractivity contribution in [2.45, 2.75) is 6.54 Å². The van der Waals surface area contributed by atoms with Crippen molar-refractivity contribution in [2.24, 2.45) is 0 Å². The molecule has 1 aromatic carbocycles. The summed E-state index contributed by atoms with van der Waals surface area (Å²) in [6.07, 6.45) is 1.48. The lowest BCUT2D eigenvalue weighted by molar-refractivity contribution is 0.0588. The topological polar surface area (TPSA) is 83.3 Å². The van der Waals surface area contributed by atoms with Gasteiger partial charge >= 0.3 is 11.9 Å². The number of ether oxygens (including phenoxy) is 2. The van der Waals surface area contributed by atoms with Crippen LogP contribution in [0.25, 0.3) is 0 Å². The van der Waals surface area contributed by atoms with Crippen LogP contribution in [-0.2, 0) is 16.0 Å². The van der Waals surface area contributed by atoms with E-state index in [1.165, 1.54) is 25.1 Å². The molecule has 0 N–H and O–H groups in total. The Balaban J connectivity index is 2.16. The number of esters is 2. The van der Waals surface area contributed by atoms with Crippen molar-refractivity contribution in [1.82, 2.24) is 15.0 Å². The van der Waals surface area contributed by atoms with Crippen LogP contribution >= 0.6 is 0 Å². The molecular weight excluding hydrogens is 262 g/mol. The molecule has 104 valence electrons. The van der Waals surface area contributed by atoms with E-state index >= 15 is 0 Å². The predicted octanol–water partition coefficient (Wildman–Crippen LogP) is 0.900.